The van der Waals surface area contributed by atoms with E-state index in [1.165, 1.54) is 21.3 Å². The topological polar surface area (TPSA) is 69.7 Å². The molecule has 6 nitrogen and oxygen atoms in total. The Bertz CT molecular complexity index is 664. The Morgan fingerprint density at radius 3 is 2.26 bits per heavy atom. The van der Waals surface area contributed by atoms with Crippen molar-refractivity contribution in [3.05, 3.63) is 40.5 Å². The molecule has 0 aliphatic rings. The molecule has 1 aromatic heterocycles. The molecule has 2 rings (SSSR count). The average molecular weight is 381 g/mol. The summed E-state index contributed by atoms with van der Waals surface area (Å²) in [7, 11) is 4.60. The quantitative estimate of drug-likeness (QED) is 0.833. The molecule has 0 aliphatic carbocycles. The number of pyridine rings is 1. The zero-order valence-electron chi connectivity index (χ0n) is 13.1. The van der Waals surface area contributed by atoms with Crippen LogP contribution in [0, 0.1) is 0 Å². The average Bonchev–Trinajstić information content (AvgIpc) is 2.55. The molecular formula is C16H17BrN2O4. The Hall–Kier alpha value is -2.28. The van der Waals surface area contributed by atoms with Crippen LogP contribution < -0.4 is 19.5 Å². The van der Waals surface area contributed by atoms with Crippen molar-refractivity contribution >= 4 is 27.7 Å². The lowest BCUT2D eigenvalue weighted by Gasteiger charge is -2.14. The van der Waals surface area contributed by atoms with Gasteiger partial charge in [-0.1, -0.05) is 0 Å². The number of benzene rings is 1. The molecule has 0 bridgehead atoms. The molecule has 1 heterocycles. The highest BCUT2D eigenvalue weighted by Gasteiger charge is 2.15. The summed E-state index contributed by atoms with van der Waals surface area (Å²) in [6.07, 6.45) is 1.78. The van der Waals surface area contributed by atoms with Gasteiger partial charge in [-0.15, -0.1) is 0 Å². The van der Waals surface area contributed by atoms with E-state index in [2.05, 4.69) is 26.2 Å². The molecule has 23 heavy (non-hydrogen) atoms. The predicted octanol–water partition coefficient (Wildman–Crippen LogP) is 3.05. The summed E-state index contributed by atoms with van der Waals surface area (Å²) >= 11 is 3.30. The third kappa shape index (κ3) is 4.35. The van der Waals surface area contributed by atoms with Crippen LogP contribution in [-0.4, -0.2) is 32.2 Å². The normalized spacial score (nSPS) is 10.1. The molecule has 1 amide bonds. The van der Waals surface area contributed by atoms with E-state index in [4.69, 9.17) is 14.2 Å². The Kier molecular flexibility index (Phi) is 5.81. The van der Waals surface area contributed by atoms with Crippen molar-refractivity contribution < 1.29 is 19.0 Å². The zero-order chi connectivity index (χ0) is 16.8. The van der Waals surface area contributed by atoms with Gasteiger partial charge in [0.25, 0.3) is 0 Å². The minimum atomic E-state index is -0.186. The lowest BCUT2D eigenvalue weighted by Crippen LogP contribution is -2.15. The Morgan fingerprint density at radius 2 is 1.78 bits per heavy atom. The monoisotopic (exact) mass is 380 g/mol. The van der Waals surface area contributed by atoms with E-state index >= 15 is 0 Å². The van der Waals surface area contributed by atoms with Gasteiger partial charge in [-0.2, -0.15) is 0 Å². The SMILES string of the molecule is COc1cc(CC(=O)Nc2ccc(Br)cn2)cc(OC)c1OC. The molecule has 122 valence electrons. The number of amides is 1. The summed E-state index contributed by atoms with van der Waals surface area (Å²) in [5, 5.41) is 2.74. The van der Waals surface area contributed by atoms with Crippen LogP contribution >= 0.6 is 15.9 Å². The summed E-state index contributed by atoms with van der Waals surface area (Å²) in [4.78, 5) is 16.3. The molecule has 0 fully saturated rings. The molecule has 1 aromatic carbocycles. The second-order valence-electron chi connectivity index (χ2n) is 4.62. The number of rotatable bonds is 6. The Morgan fingerprint density at radius 1 is 1.13 bits per heavy atom. The molecule has 0 spiro atoms. The van der Waals surface area contributed by atoms with Gasteiger partial charge in [0.2, 0.25) is 11.7 Å². The number of carbonyl (C=O) groups is 1. The Labute approximate surface area is 142 Å². The van der Waals surface area contributed by atoms with Crippen LogP contribution in [-0.2, 0) is 11.2 Å². The standard InChI is InChI=1S/C16H17BrN2O4/c1-21-12-6-10(7-13(22-2)16(12)23-3)8-15(20)19-14-5-4-11(17)9-18-14/h4-7,9H,8H2,1-3H3,(H,18,19,20). The van der Waals surface area contributed by atoms with Crippen LogP contribution in [0.5, 0.6) is 17.2 Å². The van der Waals surface area contributed by atoms with Gasteiger partial charge in [-0.3, -0.25) is 4.79 Å². The zero-order valence-corrected chi connectivity index (χ0v) is 14.6. The Balaban J connectivity index is 2.15. The summed E-state index contributed by atoms with van der Waals surface area (Å²) < 4.78 is 16.7. The van der Waals surface area contributed by atoms with E-state index in [-0.39, 0.29) is 12.3 Å². The van der Waals surface area contributed by atoms with Crippen LogP contribution in [0.25, 0.3) is 0 Å². The fourth-order valence-electron chi connectivity index (χ4n) is 2.06. The third-order valence-electron chi connectivity index (χ3n) is 3.08. The predicted molar refractivity (Wildman–Crippen MR) is 90.4 cm³/mol. The summed E-state index contributed by atoms with van der Waals surface area (Å²) in [6.45, 7) is 0. The van der Waals surface area contributed by atoms with Gasteiger partial charge < -0.3 is 19.5 Å². The molecule has 7 heteroatoms. The molecule has 0 saturated carbocycles. The van der Waals surface area contributed by atoms with E-state index in [9.17, 15) is 4.79 Å². The smallest absolute Gasteiger partial charge is 0.229 e. The van der Waals surface area contributed by atoms with Gasteiger partial charge >= 0.3 is 0 Å². The number of nitrogens with one attached hydrogen (secondary N) is 1. The van der Waals surface area contributed by atoms with Crippen molar-refractivity contribution in [1.29, 1.82) is 0 Å². The molecule has 0 atom stereocenters. The lowest BCUT2D eigenvalue weighted by atomic mass is 10.1. The highest BCUT2D eigenvalue weighted by atomic mass is 79.9. The van der Waals surface area contributed by atoms with E-state index in [0.29, 0.717) is 23.1 Å². The van der Waals surface area contributed by atoms with Crippen LogP contribution in [0.2, 0.25) is 0 Å². The number of aromatic nitrogens is 1. The maximum Gasteiger partial charge on any atom is 0.229 e. The summed E-state index contributed by atoms with van der Waals surface area (Å²) in [5.41, 5.74) is 0.745. The largest absolute Gasteiger partial charge is 0.493 e. The molecule has 1 N–H and O–H groups in total. The second-order valence-corrected chi connectivity index (χ2v) is 5.54. The van der Waals surface area contributed by atoms with E-state index < -0.39 is 0 Å². The van der Waals surface area contributed by atoms with Gasteiger partial charge in [0.05, 0.1) is 27.8 Å². The number of methoxy groups -OCH3 is 3. The highest BCUT2D eigenvalue weighted by molar-refractivity contribution is 9.10. The maximum atomic E-state index is 12.1. The van der Waals surface area contributed by atoms with Crippen molar-refractivity contribution in [2.45, 2.75) is 6.42 Å². The first-order valence-electron chi connectivity index (χ1n) is 6.77. The third-order valence-corrected chi connectivity index (χ3v) is 3.55. The van der Waals surface area contributed by atoms with Crippen molar-refractivity contribution in [3.63, 3.8) is 0 Å². The fraction of sp³-hybridized carbons (Fsp3) is 0.250. The van der Waals surface area contributed by atoms with Gasteiger partial charge in [0, 0.05) is 10.7 Å². The molecule has 0 saturated heterocycles. The molecule has 0 unspecified atom stereocenters. The van der Waals surface area contributed by atoms with E-state index in [0.717, 1.165) is 10.0 Å². The van der Waals surface area contributed by atoms with Gasteiger partial charge in [-0.05, 0) is 45.8 Å². The second kappa shape index (κ2) is 7.82. The van der Waals surface area contributed by atoms with Crippen LogP contribution in [0.3, 0.4) is 0 Å². The van der Waals surface area contributed by atoms with Crippen molar-refractivity contribution in [2.75, 3.05) is 26.6 Å². The number of halogens is 1. The van der Waals surface area contributed by atoms with E-state index in [1.54, 1.807) is 24.4 Å². The number of anilines is 1. The molecule has 0 aliphatic heterocycles. The van der Waals surface area contributed by atoms with E-state index in [1.807, 2.05) is 6.07 Å². The van der Waals surface area contributed by atoms with Crippen molar-refractivity contribution in [2.24, 2.45) is 0 Å². The van der Waals surface area contributed by atoms with Gasteiger partial charge in [0.1, 0.15) is 5.82 Å². The number of hydrogen-bond donors (Lipinski definition) is 1. The first kappa shape index (κ1) is 17.1. The lowest BCUT2D eigenvalue weighted by molar-refractivity contribution is -0.115. The number of nitrogens with zero attached hydrogens (tertiary/aromatic N) is 1. The highest BCUT2D eigenvalue weighted by Crippen LogP contribution is 2.38. The van der Waals surface area contributed by atoms with Crippen molar-refractivity contribution in [3.8, 4) is 17.2 Å². The number of ether oxygens (including phenoxy) is 3. The van der Waals surface area contributed by atoms with Crippen molar-refractivity contribution in [1.82, 2.24) is 4.98 Å². The first-order chi connectivity index (χ1) is 11.1. The van der Waals surface area contributed by atoms with Crippen LogP contribution in [0.15, 0.2) is 34.9 Å². The molecule has 2 aromatic rings. The maximum absolute atomic E-state index is 12.1. The molecular weight excluding hydrogens is 364 g/mol. The minimum Gasteiger partial charge on any atom is -0.493 e. The number of carbonyl (C=O) groups excluding carboxylic acids is 1. The summed E-state index contributed by atoms with van der Waals surface area (Å²) in [5.74, 6) is 1.82. The first-order valence-corrected chi connectivity index (χ1v) is 7.57. The van der Waals surface area contributed by atoms with Crippen LogP contribution in [0.1, 0.15) is 5.56 Å². The van der Waals surface area contributed by atoms with Gasteiger partial charge in [-0.25, -0.2) is 4.98 Å². The fourth-order valence-corrected chi connectivity index (χ4v) is 2.29. The number of hydrogen-bond acceptors (Lipinski definition) is 5. The van der Waals surface area contributed by atoms with Crippen LogP contribution in [0.4, 0.5) is 5.82 Å². The minimum absolute atomic E-state index is 0.161. The summed E-state index contributed by atoms with van der Waals surface area (Å²) in [6, 6.07) is 7.02. The molecule has 0 radical (unpaired) electrons. The van der Waals surface area contributed by atoms with Gasteiger partial charge in [0.15, 0.2) is 11.5 Å².